The second-order valence-electron chi connectivity index (χ2n) is 3.28. The molecule has 0 aliphatic rings. The molecule has 0 spiro atoms. The first-order chi connectivity index (χ1) is 8.48. The summed E-state index contributed by atoms with van der Waals surface area (Å²) in [4.78, 5) is 3.71. The van der Waals surface area contributed by atoms with E-state index in [0.717, 1.165) is 0 Å². The van der Waals surface area contributed by atoms with Gasteiger partial charge in [-0.15, -0.1) is 0 Å². The Morgan fingerprint density at radius 2 is 1.89 bits per heavy atom. The Labute approximate surface area is 117 Å². The van der Waals surface area contributed by atoms with Gasteiger partial charge in [0.2, 0.25) is 5.88 Å². The fourth-order valence-electron chi connectivity index (χ4n) is 1.27. The molecule has 0 atom stereocenters. The van der Waals surface area contributed by atoms with Gasteiger partial charge in [0.25, 0.3) is 9.05 Å². The summed E-state index contributed by atoms with van der Waals surface area (Å²) in [5.74, 6) is 0.400. The molecule has 0 fully saturated rings. The zero-order chi connectivity index (χ0) is 13.2. The average molecular weight is 349 g/mol. The molecule has 0 aliphatic heterocycles. The SMILES string of the molecule is O=S(=O)(Cl)c1cccnc1Oc1ccccc1Br. The van der Waals surface area contributed by atoms with Crippen molar-refractivity contribution >= 4 is 35.7 Å². The van der Waals surface area contributed by atoms with Crippen LogP contribution >= 0.6 is 26.6 Å². The van der Waals surface area contributed by atoms with E-state index in [4.69, 9.17) is 15.4 Å². The van der Waals surface area contributed by atoms with Gasteiger partial charge >= 0.3 is 0 Å². The van der Waals surface area contributed by atoms with E-state index in [0.29, 0.717) is 10.2 Å². The van der Waals surface area contributed by atoms with Crippen LogP contribution in [0.3, 0.4) is 0 Å². The Bertz CT molecular complexity index is 675. The second kappa shape index (κ2) is 5.26. The van der Waals surface area contributed by atoms with Gasteiger partial charge in [0.05, 0.1) is 4.47 Å². The molecule has 1 heterocycles. The average Bonchev–Trinajstić information content (AvgIpc) is 2.31. The molecule has 0 amide bonds. The van der Waals surface area contributed by atoms with Gasteiger partial charge in [0.15, 0.2) is 0 Å². The highest BCUT2D eigenvalue weighted by molar-refractivity contribution is 9.10. The number of benzene rings is 1. The van der Waals surface area contributed by atoms with E-state index in [9.17, 15) is 8.42 Å². The van der Waals surface area contributed by atoms with Crippen LogP contribution in [0.5, 0.6) is 11.6 Å². The van der Waals surface area contributed by atoms with E-state index in [-0.39, 0.29) is 10.8 Å². The van der Waals surface area contributed by atoms with E-state index >= 15 is 0 Å². The monoisotopic (exact) mass is 347 g/mol. The molecule has 0 bridgehead atoms. The molecule has 2 aromatic rings. The lowest BCUT2D eigenvalue weighted by atomic mass is 10.3. The number of ether oxygens (including phenoxy) is 1. The third-order valence-corrected chi connectivity index (χ3v) is 4.03. The second-order valence-corrected chi connectivity index (χ2v) is 6.67. The highest BCUT2D eigenvalue weighted by Gasteiger charge is 2.18. The number of rotatable bonds is 3. The maximum Gasteiger partial charge on any atom is 0.266 e. The minimum absolute atomic E-state index is 0.0561. The van der Waals surface area contributed by atoms with Crippen molar-refractivity contribution in [1.29, 1.82) is 0 Å². The Balaban J connectivity index is 2.45. The van der Waals surface area contributed by atoms with Gasteiger partial charge < -0.3 is 4.74 Å². The molecule has 94 valence electrons. The van der Waals surface area contributed by atoms with Crippen LogP contribution in [0.2, 0.25) is 0 Å². The molecule has 0 unspecified atom stereocenters. The standard InChI is InChI=1S/C11H7BrClNO3S/c12-8-4-1-2-5-9(8)17-11-10(18(13,15)16)6-3-7-14-11/h1-7H. The van der Waals surface area contributed by atoms with Crippen LogP contribution in [0.4, 0.5) is 0 Å². The highest BCUT2D eigenvalue weighted by atomic mass is 79.9. The summed E-state index contributed by atoms with van der Waals surface area (Å²) in [5, 5.41) is 0. The Morgan fingerprint density at radius 1 is 1.17 bits per heavy atom. The van der Waals surface area contributed by atoms with Crippen LogP contribution < -0.4 is 4.74 Å². The maximum absolute atomic E-state index is 11.4. The summed E-state index contributed by atoms with van der Waals surface area (Å²) in [6, 6.07) is 9.84. The van der Waals surface area contributed by atoms with Crippen molar-refractivity contribution in [3.8, 4) is 11.6 Å². The largest absolute Gasteiger partial charge is 0.436 e. The van der Waals surface area contributed by atoms with Crippen molar-refractivity contribution in [2.75, 3.05) is 0 Å². The molecule has 4 nitrogen and oxygen atoms in total. The minimum atomic E-state index is -3.90. The third-order valence-electron chi connectivity index (χ3n) is 2.04. The fourth-order valence-corrected chi connectivity index (χ4v) is 2.53. The number of nitrogens with zero attached hydrogens (tertiary/aromatic N) is 1. The number of aromatic nitrogens is 1. The van der Waals surface area contributed by atoms with Crippen molar-refractivity contribution in [3.63, 3.8) is 0 Å². The molecule has 0 aliphatic carbocycles. The number of para-hydroxylation sites is 1. The van der Waals surface area contributed by atoms with Crippen molar-refractivity contribution in [1.82, 2.24) is 4.98 Å². The Morgan fingerprint density at radius 3 is 2.56 bits per heavy atom. The number of pyridine rings is 1. The van der Waals surface area contributed by atoms with Crippen LogP contribution in [0.1, 0.15) is 0 Å². The van der Waals surface area contributed by atoms with Crippen molar-refractivity contribution in [2.24, 2.45) is 0 Å². The minimum Gasteiger partial charge on any atom is -0.436 e. The van der Waals surface area contributed by atoms with E-state index in [1.165, 1.54) is 18.3 Å². The fraction of sp³-hybridized carbons (Fsp3) is 0. The number of hydrogen-bond acceptors (Lipinski definition) is 4. The van der Waals surface area contributed by atoms with Gasteiger partial charge in [-0.3, -0.25) is 0 Å². The van der Waals surface area contributed by atoms with Gasteiger partial charge in [0, 0.05) is 16.9 Å². The molecular weight excluding hydrogens is 342 g/mol. The molecule has 1 aromatic carbocycles. The summed E-state index contributed by atoms with van der Waals surface area (Å²) >= 11 is 3.29. The smallest absolute Gasteiger partial charge is 0.266 e. The molecule has 7 heteroatoms. The normalized spacial score (nSPS) is 11.2. The molecule has 18 heavy (non-hydrogen) atoms. The first-order valence-electron chi connectivity index (χ1n) is 4.80. The lowest BCUT2D eigenvalue weighted by Crippen LogP contribution is -1.98. The molecule has 0 saturated heterocycles. The third kappa shape index (κ3) is 3.01. The van der Waals surface area contributed by atoms with Crippen LogP contribution in [0.15, 0.2) is 52.0 Å². The molecular formula is C11H7BrClNO3S. The summed E-state index contributed by atoms with van der Waals surface area (Å²) in [5.41, 5.74) is 0. The summed E-state index contributed by atoms with van der Waals surface area (Å²) in [6.07, 6.45) is 1.43. The maximum atomic E-state index is 11.4. The topological polar surface area (TPSA) is 56.3 Å². The van der Waals surface area contributed by atoms with Crippen molar-refractivity contribution in [2.45, 2.75) is 4.90 Å². The lowest BCUT2D eigenvalue weighted by molar-refractivity contribution is 0.445. The lowest BCUT2D eigenvalue weighted by Gasteiger charge is -2.08. The Kier molecular flexibility index (Phi) is 3.89. The zero-order valence-corrected chi connectivity index (χ0v) is 12.0. The van der Waals surface area contributed by atoms with E-state index < -0.39 is 9.05 Å². The quantitative estimate of drug-likeness (QED) is 0.796. The van der Waals surface area contributed by atoms with Crippen molar-refractivity contribution in [3.05, 3.63) is 47.1 Å². The molecule has 0 radical (unpaired) electrons. The molecule has 2 rings (SSSR count). The summed E-state index contributed by atoms with van der Waals surface area (Å²) in [7, 11) is 1.41. The van der Waals surface area contributed by atoms with Gasteiger partial charge in [-0.2, -0.15) is 0 Å². The van der Waals surface area contributed by atoms with Crippen LogP contribution in [0, 0.1) is 0 Å². The number of halogens is 2. The Hall–Kier alpha value is -1.11. The summed E-state index contributed by atoms with van der Waals surface area (Å²) < 4.78 is 28.9. The van der Waals surface area contributed by atoms with Crippen LogP contribution in [-0.2, 0) is 9.05 Å². The molecule has 1 aromatic heterocycles. The van der Waals surface area contributed by atoms with Gasteiger partial charge in [-0.1, -0.05) is 12.1 Å². The highest BCUT2D eigenvalue weighted by Crippen LogP contribution is 2.32. The predicted octanol–water partition coefficient (Wildman–Crippen LogP) is 3.56. The van der Waals surface area contributed by atoms with Gasteiger partial charge in [0.1, 0.15) is 10.6 Å². The molecule has 0 saturated carbocycles. The van der Waals surface area contributed by atoms with E-state index in [1.807, 2.05) is 6.07 Å². The zero-order valence-electron chi connectivity index (χ0n) is 8.88. The van der Waals surface area contributed by atoms with E-state index in [2.05, 4.69) is 20.9 Å². The first-order valence-corrected chi connectivity index (χ1v) is 7.91. The van der Waals surface area contributed by atoms with Gasteiger partial charge in [-0.25, -0.2) is 13.4 Å². The van der Waals surface area contributed by atoms with E-state index in [1.54, 1.807) is 18.2 Å². The van der Waals surface area contributed by atoms with Crippen LogP contribution in [0.25, 0.3) is 0 Å². The van der Waals surface area contributed by atoms with Gasteiger partial charge in [-0.05, 0) is 40.2 Å². The first kappa shape index (κ1) is 13.3. The predicted molar refractivity (Wildman–Crippen MR) is 71.5 cm³/mol. The summed E-state index contributed by atoms with van der Waals surface area (Å²) in [6.45, 7) is 0. The van der Waals surface area contributed by atoms with Crippen LogP contribution in [-0.4, -0.2) is 13.4 Å². The number of hydrogen-bond donors (Lipinski definition) is 0. The van der Waals surface area contributed by atoms with Crippen molar-refractivity contribution < 1.29 is 13.2 Å². The molecule has 0 N–H and O–H groups in total.